The third kappa shape index (κ3) is 4.73. The molecule has 3 aromatic rings. The van der Waals surface area contributed by atoms with Gasteiger partial charge in [0.05, 0.1) is 18.2 Å². The van der Waals surface area contributed by atoms with Gasteiger partial charge in [-0.25, -0.2) is 0 Å². The highest BCUT2D eigenvalue weighted by Gasteiger charge is 2.47. The van der Waals surface area contributed by atoms with Gasteiger partial charge in [-0.1, -0.05) is 55.2 Å². The maximum absolute atomic E-state index is 13.4. The Morgan fingerprint density at radius 2 is 1.72 bits per heavy atom. The molecule has 1 aliphatic heterocycles. The van der Waals surface area contributed by atoms with Crippen LogP contribution in [-0.2, 0) is 9.59 Å². The van der Waals surface area contributed by atoms with Crippen molar-refractivity contribution < 1.29 is 19.4 Å². The van der Waals surface area contributed by atoms with Crippen molar-refractivity contribution in [2.75, 3.05) is 11.5 Å². The molecule has 3 aromatic carbocycles. The zero-order chi connectivity index (χ0) is 26.1. The van der Waals surface area contributed by atoms with E-state index in [1.165, 1.54) is 4.90 Å². The molecule has 0 radical (unpaired) electrons. The van der Waals surface area contributed by atoms with Gasteiger partial charge in [0.1, 0.15) is 11.5 Å². The maximum Gasteiger partial charge on any atom is 0.300 e. The van der Waals surface area contributed by atoms with Gasteiger partial charge < -0.3 is 9.84 Å². The first-order valence-corrected chi connectivity index (χ1v) is 12.5. The van der Waals surface area contributed by atoms with Gasteiger partial charge in [-0.2, -0.15) is 0 Å². The molecule has 1 fully saturated rings. The number of benzene rings is 3. The van der Waals surface area contributed by atoms with E-state index in [-0.39, 0.29) is 17.3 Å². The number of Topliss-reactive ketones (excluding diaryl/α,β-unsaturated/α-hetero) is 1. The number of hydrogen-bond donors (Lipinski definition) is 1. The highest BCUT2D eigenvalue weighted by atomic mass is 35.5. The lowest BCUT2D eigenvalue weighted by Crippen LogP contribution is -2.29. The van der Waals surface area contributed by atoms with E-state index in [1.807, 2.05) is 27.7 Å². The lowest BCUT2D eigenvalue weighted by Gasteiger charge is -2.26. The van der Waals surface area contributed by atoms with Crippen molar-refractivity contribution in [1.29, 1.82) is 0 Å². The second-order valence-corrected chi connectivity index (χ2v) is 9.84. The van der Waals surface area contributed by atoms with E-state index in [4.69, 9.17) is 27.9 Å². The normalized spacial score (nSPS) is 17.2. The van der Waals surface area contributed by atoms with Crippen LogP contribution in [0.5, 0.6) is 5.75 Å². The number of aryl methyl sites for hydroxylation is 1. The summed E-state index contributed by atoms with van der Waals surface area (Å²) in [4.78, 5) is 28.1. The van der Waals surface area contributed by atoms with Crippen molar-refractivity contribution in [2.24, 2.45) is 0 Å². The topological polar surface area (TPSA) is 66.8 Å². The van der Waals surface area contributed by atoms with Crippen LogP contribution in [0.3, 0.4) is 0 Å². The number of aliphatic hydroxyl groups excluding tert-OH is 1. The Morgan fingerprint density at radius 1 is 1.03 bits per heavy atom. The number of carbonyl (C=O) groups excluding carboxylic acids is 2. The minimum Gasteiger partial charge on any atom is -0.507 e. The van der Waals surface area contributed by atoms with Crippen molar-refractivity contribution >= 4 is 46.3 Å². The lowest BCUT2D eigenvalue weighted by molar-refractivity contribution is -0.132. The van der Waals surface area contributed by atoms with E-state index < -0.39 is 17.7 Å². The Hall–Kier alpha value is -3.28. The zero-order valence-corrected chi connectivity index (χ0v) is 22.0. The molecule has 4 rings (SSSR count). The third-order valence-electron chi connectivity index (χ3n) is 6.27. The smallest absolute Gasteiger partial charge is 0.300 e. The van der Waals surface area contributed by atoms with Crippen molar-refractivity contribution in [3.8, 4) is 5.75 Å². The Labute approximate surface area is 220 Å². The van der Waals surface area contributed by atoms with Gasteiger partial charge in [0.25, 0.3) is 11.7 Å². The average molecular weight is 524 g/mol. The first-order valence-electron chi connectivity index (χ1n) is 11.7. The molecule has 1 aliphatic rings. The molecule has 1 N–H and O–H groups in total. The van der Waals surface area contributed by atoms with E-state index in [0.717, 1.165) is 11.1 Å². The quantitative estimate of drug-likeness (QED) is 0.207. The average Bonchev–Trinajstić information content (AvgIpc) is 3.11. The van der Waals surface area contributed by atoms with E-state index in [1.54, 1.807) is 60.7 Å². The van der Waals surface area contributed by atoms with Crippen LogP contribution in [0.2, 0.25) is 10.0 Å². The summed E-state index contributed by atoms with van der Waals surface area (Å²) in [5.74, 6) is -0.939. The lowest BCUT2D eigenvalue weighted by atomic mass is 9.93. The highest BCUT2D eigenvalue weighted by Crippen LogP contribution is 2.43. The Morgan fingerprint density at radius 3 is 2.33 bits per heavy atom. The Bertz CT molecular complexity index is 1360. The summed E-state index contributed by atoms with van der Waals surface area (Å²) in [6, 6.07) is 16.5. The van der Waals surface area contributed by atoms with Gasteiger partial charge in [0, 0.05) is 21.3 Å². The van der Waals surface area contributed by atoms with Crippen molar-refractivity contribution in [3.63, 3.8) is 0 Å². The summed E-state index contributed by atoms with van der Waals surface area (Å²) in [5, 5.41) is 12.5. The summed E-state index contributed by atoms with van der Waals surface area (Å²) in [7, 11) is 0. The summed E-state index contributed by atoms with van der Waals surface area (Å²) < 4.78 is 5.74. The number of nitrogens with zero attached hydrogens (tertiary/aromatic N) is 1. The fourth-order valence-electron chi connectivity index (χ4n) is 4.38. The van der Waals surface area contributed by atoms with Gasteiger partial charge in [0.2, 0.25) is 0 Å². The van der Waals surface area contributed by atoms with Gasteiger partial charge in [-0.05, 0) is 78.9 Å². The molecule has 36 heavy (non-hydrogen) atoms. The number of aliphatic hydroxyl groups is 1. The van der Waals surface area contributed by atoms with Gasteiger partial charge >= 0.3 is 0 Å². The molecule has 7 heteroatoms. The SMILES string of the molecule is CCOc1ccc(/C(O)=C2/C(=O)C(=O)N(c3ccc(C)c(Cl)c3)C2c2ccc(Cl)cc2)cc1C(C)C. The molecule has 0 aromatic heterocycles. The molecule has 1 amide bonds. The standard InChI is InChI=1S/C29H27Cl2NO4/c1-5-36-24-13-9-19(14-22(24)16(2)3)27(33)25-26(18-7-10-20(30)11-8-18)32(29(35)28(25)34)21-12-6-17(4)23(31)15-21/h6-16,26,33H,5H2,1-4H3/b27-25-. The first kappa shape index (κ1) is 25.8. The van der Waals surface area contributed by atoms with Gasteiger partial charge in [-0.15, -0.1) is 0 Å². The minimum atomic E-state index is -0.866. The van der Waals surface area contributed by atoms with E-state index in [0.29, 0.717) is 39.2 Å². The van der Waals surface area contributed by atoms with Crippen molar-refractivity contribution in [2.45, 2.75) is 39.7 Å². The molecule has 5 nitrogen and oxygen atoms in total. The maximum atomic E-state index is 13.4. The largest absolute Gasteiger partial charge is 0.507 e. The molecule has 1 atom stereocenters. The first-order chi connectivity index (χ1) is 17.1. The van der Waals surface area contributed by atoms with Crippen LogP contribution in [0, 0.1) is 6.92 Å². The summed E-state index contributed by atoms with van der Waals surface area (Å²) >= 11 is 12.5. The van der Waals surface area contributed by atoms with Crippen LogP contribution in [0.15, 0.2) is 66.2 Å². The van der Waals surface area contributed by atoms with Crippen LogP contribution in [0.4, 0.5) is 5.69 Å². The van der Waals surface area contributed by atoms with Crippen LogP contribution < -0.4 is 9.64 Å². The van der Waals surface area contributed by atoms with E-state index >= 15 is 0 Å². The molecule has 0 bridgehead atoms. The highest BCUT2D eigenvalue weighted by molar-refractivity contribution is 6.51. The molecule has 0 aliphatic carbocycles. The molecule has 186 valence electrons. The number of carbonyl (C=O) groups is 2. The van der Waals surface area contributed by atoms with Crippen LogP contribution in [0.1, 0.15) is 55.0 Å². The zero-order valence-electron chi connectivity index (χ0n) is 20.5. The number of halogens is 2. The van der Waals surface area contributed by atoms with Crippen molar-refractivity contribution in [1.82, 2.24) is 0 Å². The van der Waals surface area contributed by atoms with Crippen LogP contribution in [-0.4, -0.2) is 23.4 Å². The number of ketones is 1. The van der Waals surface area contributed by atoms with Gasteiger partial charge in [0.15, 0.2) is 0 Å². The molecule has 1 heterocycles. The van der Waals surface area contributed by atoms with Crippen LogP contribution >= 0.6 is 23.2 Å². The fraction of sp³-hybridized carbons (Fsp3) is 0.241. The number of hydrogen-bond acceptors (Lipinski definition) is 4. The van der Waals surface area contributed by atoms with Gasteiger partial charge in [-0.3, -0.25) is 14.5 Å². The second-order valence-electron chi connectivity index (χ2n) is 8.99. The Kier molecular flexibility index (Phi) is 7.43. The molecular weight excluding hydrogens is 497 g/mol. The monoisotopic (exact) mass is 523 g/mol. The molecule has 0 saturated carbocycles. The van der Waals surface area contributed by atoms with Crippen LogP contribution in [0.25, 0.3) is 5.76 Å². The van der Waals surface area contributed by atoms with E-state index in [9.17, 15) is 14.7 Å². The second kappa shape index (κ2) is 10.4. The number of rotatable bonds is 6. The number of anilines is 1. The third-order valence-corrected chi connectivity index (χ3v) is 6.93. The predicted molar refractivity (Wildman–Crippen MR) is 144 cm³/mol. The Balaban J connectivity index is 1.94. The molecular formula is C29H27Cl2NO4. The summed E-state index contributed by atoms with van der Waals surface area (Å²) in [5.41, 5.74) is 3.26. The van der Waals surface area contributed by atoms with E-state index in [2.05, 4.69) is 0 Å². The summed E-state index contributed by atoms with van der Waals surface area (Å²) in [6.45, 7) is 8.31. The molecule has 0 spiro atoms. The predicted octanol–water partition coefficient (Wildman–Crippen LogP) is 7.45. The number of amides is 1. The number of ether oxygens (including phenoxy) is 1. The summed E-state index contributed by atoms with van der Waals surface area (Å²) in [6.07, 6.45) is 0. The minimum absolute atomic E-state index is 0.00196. The molecule has 1 unspecified atom stereocenters. The van der Waals surface area contributed by atoms with Crippen molar-refractivity contribution in [3.05, 3.63) is 98.5 Å². The fourth-order valence-corrected chi connectivity index (χ4v) is 4.68. The molecule has 1 saturated heterocycles.